The summed E-state index contributed by atoms with van der Waals surface area (Å²) < 4.78 is 17.3. The fourth-order valence-electron chi connectivity index (χ4n) is 6.76. The SMILES string of the molecule is CCOC(=O)[C@@H]1CCCN(C(=O)Oc2ccc3c(c2)/C(=C/CCN2CCC(O)(c4ccc(Cl)cc4)CC2)C2=CC=CNC2CO3)C1. The first-order chi connectivity index (χ1) is 22.3. The Kier molecular flexibility index (Phi) is 10.0. The molecule has 0 radical (unpaired) electrons. The van der Waals surface area contributed by atoms with Gasteiger partial charge in [-0.3, -0.25) is 4.79 Å². The number of hydrogen-bond acceptors (Lipinski definition) is 8. The molecule has 4 aliphatic rings. The number of carbonyl (C=O) groups excluding carboxylic acids is 2. The molecule has 2 aromatic rings. The zero-order valence-electron chi connectivity index (χ0n) is 26.3. The number of halogens is 1. The van der Waals surface area contributed by atoms with Crippen LogP contribution in [0.15, 0.2) is 72.5 Å². The molecule has 2 saturated heterocycles. The van der Waals surface area contributed by atoms with Crippen LogP contribution in [0.2, 0.25) is 5.02 Å². The zero-order valence-corrected chi connectivity index (χ0v) is 27.0. The fraction of sp³-hybridized carbons (Fsp3) is 0.444. The Morgan fingerprint density at radius 1 is 1.15 bits per heavy atom. The van der Waals surface area contributed by atoms with E-state index >= 15 is 0 Å². The highest BCUT2D eigenvalue weighted by atomic mass is 35.5. The molecule has 0 aliphatic carbocycles. The fourth-order valence-corrected chi connectivity index (χ4v) is 6.88. The maximum Gasteiger partial charge on any atom is 0.415 e. The molecule has 2 aromatic carbocycles. The van der Waals surface area contributed by atoms with Gasteiger partial charge in [-0.2, -0.15) is 0 Å². The van der Waals surface area contributed by atoms with Gasteiger partial charge in [-0.05, 0) is 98.3 Å². The van der Waals surface area contributed by atoms with Crippen molar-refractivity contribution in [2.24, 2.45) is 5.92 Å². The maximum atomic E-state index is 13.2. The minimum Gasteiger partial charge on any atom is -0.490 e. The predicted molar refractivity (Wildman–Crippen MR) is 177 cm³/mol. The molecule has 0 aromatic heterocycles. The third kappa shape index (κ3) is 7.27. The lowest BCUT2D eigenvalue weighted by Gasteiger charge is -2.38. The zero-order chi connectivity index (χ0) is 32.1. The number of nitrogens with one attached hydrogen (secondary N) is 1. The van der Waals surface area contributed by atoms with Crippen LogP contribution in [0.3, 0.4) is 0 Å². The molecular weight excluding hydrogens is 606 g/mol. The monoisotopic (exact) mass is 647 g/mol. The van der Waals surface area contributed by atoms with Crippen LogP contribution in [0.5, 0.6) is 11.5 Å². The molecule has 0 saturated carbocycles. The lowest BCUT2D eigenvalue weighted by molar-refractivity contribution is -0.149. The van der Waals surface area contributed by atoms with Gasteiger partial charge < -0.3 is 34.4 Å². The first-order valence-corrected chi connectivity index (χ1v) is 16.7. The third-order valence-electron chi connectivity index (χ3n) is 9.37. The van der Waals surface area contributed by atoms with Crippen LogP contribution < -0.4 is 14.8 Å². The molecule has 1 unspecified atom stereocenters. The van der Waals surface area contributed by atoms with Crippen molar-refractivity contribution < 1.29 is 28.9 Å². The molecule has 1 amide bonds. The highest BCUT2D eigenvalue weighted by molar-refractivity contribution is 6.30. The Morgan fingerprint density at radius 3 is 2.74 bits per heavy atom. The minimum absolute atomic E-state index is 0.00724. The number of esters is 1. The third-order valence-corrected chi connectivity index (χ3v) is 9.62. The minimum atomic E-state index is -0.836. The van der Waals surface area contributed by atoms with Crippen LogP contribution in [0.1, 0.15) is 50.2 Å². The van der Waals surface area contributed by atoms with Crippen LogP contribution >= 0.6 is 11.6 Å². The van der Waals surface area contributed by atoms with Gasteiger partial charge >= 0.3 is 12.1 Å². The van der Waals surface area contributed by atoms with E-state index < -0.39 is 11.7 Å². The van der Waals surface area contributed by atoms with Gasteiger partial charge in [0.15, 0.2) is 0 Å². The molecule has 10 heteroatoms. The summed E-state index contributed by atoms with van der Waals surface area (Å²) in [5, 5.41) is 15.4. The number of amides is 1. The summed E-state index contributed by atoms with van der Waals surface area (Å²) >= 11 is 6.06. The second-order valence-corrected chi connectivity index (χ2v) is 12.8. The smallest absolute Gasteiger partial charge is 0.415 e. The summed E-state index contributed by atoms with van der Waals surface area (Å²) in [5.41, 5.74) is 3.11. The summed E-state index contributed by atoms with van der Waals surface area (Å²) in [4.78, 5) is 29.5. The van der Waals surface area contributed by atoms with Gasteiger partial charge in [0.05, 0.1) is 24.2 Å². The molecular formula is C36H42ClN3O6. The van der Waals surface area contributed by atoms with Crippen molar-refractivity contribution in [2.75, 3.05) is 45.9 Å². The molecule has 9 nitrogen and oxygen atoms in total. The molecule has 0 bridgehead atoms. The van der Waals surface area contributed by atoms with E-state index in [0.29, 0.717) is 49.8 Å². The number of piperidine rings is 2. The van der Waals surface area contributed by atoms with Gasteiger partial charge in [-0.15, -0.1) is 0 Å². The number of rotatable bonds is 7. The molecule has 244 valence electrons. The van der Waals surface area contributed by atoms with E-state index in [1.807, 2.05) is 48.7 Å². The molecule has 2 N–H and O–H groups in total. The number of ether oxygens (including phenoxy) is 3. The first kappa shape index (κ1) is 32.2. The Bertz CT molecular complexity index is 1510. The van der Waals surface area contributed by atoms with Crippen molar-refractivity contribution in [1.82, 2.24) is 15.1 Å². The van der Waals surface area contributed by atoms with Crippen molar-refractivity contribution in [3.63, 3.8) is 0 Å². The molecule has 2 fully saturated rings. The van der Waals surface area contributed by atoms with Crippen molar-refractivity contribution in [1.29, 1.82) is 0 Å². The van der Waals surface area contributed by atoms with Gasteiger partial charge in [-0.1, -0.05) is 35.9 Å². The van der Waals surface area contributed by atoms with Crippen LogP contribution in [0, 0.1) is 5.92 Å². The standard InChI is InChI=1S/C36H42ClN3O6/c1-2-44-34(41)25-6-4-19-40(23-25)35(42)46-28-13-14-33-31(22-28)29(30-7-3-17-38-32(30)24-45-33)8-5-18-39-20-15-36(43,16-21-39)26-9-11-27(37)12-10-26/h3,7-14,17,22,25,32,38,43H,2,4-6,15-16,18-21,23-24H2,1H3/b29-8+/t25-,32?/m1/s1. The van der Waals surface area contributed by atoms with E-state index in [-0.39, 0.29) is 24.5 Å². The number of carbonyl (C=O) groups is 2. The number of hydrogen-bond donors (Lipinski definition) is 2. The average molecular weight is 648 g/mol. The van der Waals surface area contributed by atoms with Crippen molar-refractivity contribution >= 4 is 29.2 Å². The second-order valence-electron chi connectivity index (χ2n) is 12.4. The summed E-state index contributed by atoms with van der Waals surface area (Å²) in [6, 6.07) is 13.0. The van der Waals surface area contributed by atoms with Crippen LogP contribution in [-0.2, 0) is 15.1 Å². The number of aliphatic hydroxyl groups is 1. The number of allylic oxidation sites excluding steroid dienone is 2. The van der Waals surface area contributed by atoms with E-state index in [0.717, 1.165) is 60.5 Å². The van der Waals surface area contributed by atoms with E-state index in [2.05, 4.69) is 22.4 Å². The largest absolute Gasteiger partial charge is 0.490 e. The Labute approximate surface area is 275 Å². The van der Waals surface area contributed by atoms with Crippen molar-refractivity contribution in [3.8, 4) is 11.5 Å². The van der Waals surface area contributed by atoms with Crippen LogP contribution in [0.4, 0.5) is 4.79 Å². The van der Waals surface area contributed by atoms with Crippen LogP contribution in [-0.4, -0.2) is 78.9 Å². The summed E-state index contributed by atoms with van der Waals surface area (Å²) in [5.74, 6) is 0.553. The quantitative estimate of drug-likeness (QED) is 0.371. The van der Waals surface area contributed by atoms with Gasteiger partial charge in [0.2, 0.25) is 0 Å². The Hall–Kier alpha value is -3.79. The van der Waals surface area contributed by atoms with Crippen molar-refractivity contribution in [3.05, 3.63) is 88.6 Å². The molecule has 4 heterocycles. The lowest BCUT2D eigenvalue weighted by atomic mass is 9.84. The number of benzene rings is 2. The lowest BCUT2D eigenvalue weighted by Crippen LogP contribution is -2.44. The normalized spacial score (nSPS) is 23.2. The second kappa shape index (κ2) is 14.3. The number of nitrogens with zero attached hydrogens (tertiary/aromatic N) is 2. The summed E-state index contributed by atoms with van der Waals surface area (Å²) in [6.07, 6.45) is 11.3. The van der Waals surface area contributed by atoms with Crippen molar-refractivity contribution in [2.45, 2.75) is 50.7 Å². The highest BCUT2D eigenvalue weighted by Crippen LogP contribution is 2.40. The first-order valence-electron chi connectivity index (χ1n) is 16.3. The van der Waals surface area contributed by atoms with Gasteiger partial charge in [0.25, 0.3) is 0 Å². The molecule has 4 aliphatic heterocycles. The van der Waals surface area contributed by atoms with E-state index in [1.165, 1.54) is 0 Å². The predicted octanol–water partition coefficient (Wildman–Crippen LogP) is 5.68. The van der Waals surface area contributed by atoms with E-state index in [4.69, 9.17) is 25.8 Å². The molecule has 0 spiro atoms. The molecule has 6 rings (SSSR count). The van der Waals surface area contributed by atoms with Crippen LogP contribution in [0.25, 0.3) is 5.57 Å². The van der Waals surface area contributed by atoms with E-state index in [1.54, 1.807) is 17.9 Å². The summed E-state index contributed by atoms with van der Waals surface area (Å²) in [7, 11) is 0. The van der Waals surface area contributed by atoms with Gasteiger partial charge in [-0.25, -0.2) is 4.79 Å². The number of likely N-dealkylation sites (tertiary alicyclic amines) is 2. The topological polar surface area (TPSA) is 101 Å². The number of fused-ring (bicyclic) bond motifs is 2. The Balaban J connectivity index is 1.15. The average Bonchev–Trinajstić information content (AvgIpc) is 3.23. The van der Waals surface area contributed by atoms with Gasteiger partial charge in [0.1, 0.15) is 18.1 Å². The molecule has 46 heavy (non-hydrogen) atoms. The van der Waals surface area contributed by atoms with E-state index in [9.17, 15) is 14.7 Å². The Morgan fingerprint density at radius 2 is 1.96 bits per heavy atom. The number of dihydropyridines is 1. The highest BCUT2D eigenvalue weighted by Gasteiger charge is 2.34. The van der Waals surface area contributed by atoms with Gasteiger partial charge in [0, 0.05) is 43.3 Å². The maximum absolute atomic E-state index is 13.2. The molecule has 2 atom stereocenters. The summed E-state index contributed by atoms with van der Waals surface area (Å²) in [6.45, 7) is 5.84.